The number of amides is 2. The first-order chi connectivity index (χ1) is 9.56. The normalized spacial score (nSPS) is 37.0. The number of fused-ring (bicyclic) bond motifs is 2. The van der Waals surface area contributed by atoms with E-state index < -0.39 is 11.9 Å². The van der Waals surface area contributed by atoms with Crippen LogP contribution in [0.3, 0.4) is 0 Å². The molecule has 3 atom stereocenters. The maximum Gasteiger partial charge on any atom is 0.320 e. The molecule has 2 N–H and O–H groups in total. The molecular formula is C14H22N2O4. The van der Waals surface area contributed by atoms with Crippen LogP contribution in [-0.4, -0.2) is 63.3 Å². The topological polar surface area (TPSA) is 81.1 Å². The highest BCUT2D eigenvalue weighted by Gasteiger charge is 2.44. The molecule has 3 rings (SSSR count). The number of likely N-dealkylation sites (tertiary alicyclic amines) is 1. The molecule has 2 amide bonds. The molecule has 112 valence electrons. The van der Waals surface area contributed by atoms with Gasteiger partial charge in [0.05, 0.1) is 12.0 Å². The van der Waals surface area contributed by atoms with E-state index in [0.717, 1.165) is 19.3 Å². The average Bonchev–Trinajstić information content (AvgIpc) is 2.70. The Morgan fingerprint density at radius 1 is 1.05 bits per heavy atom. The minimum Gasteiger partial charge on any atom is -0.481 e. The summed E-state index contributed by atoms with van der Waals surface area (Å²) in [4.78, 5) is 27.4. The smallest absolute Gasteiger partial charge is 0.320 e. The highest BCUT2D eigenvalue weighted by Crippen LogP contribution is 2.37. The Kier molecular flexibility index (Phi) is 3.58. The quantitative estimate of drug-likeness (QED) is 0.748. The first-order valence-electron chi connectivity index (χ1n) is 7.54. The van der Waals surface area contributed by atoms with Gasteiger partial charge in [0.15, 0.2) is 0 Å². The van der Waals surface area contributed by atoms with Crippen LogP contribution in [0.4, 0.5) is 4.79 Å². The van der Waals surface area contributed by atoms with Crippen molar-refractivity contribution in [1.82, 2.24) is 9.80 Å². The number of aliphatic hydroxyl groups is 1. The number of carbonyl (C=O) groups is 2. The van der Waals surface area contributed by atoms with E-state index in [2.05, 4.69) is 0 Å². The maximum absolute atomic E-state index is 12.7. The minimum atomic E-state index is -0.806. The number of carbonyl (C=O) groups excluding carboxylic acids is 1. The summed E-state index contributed by atoms with van der Waals surface area (Å²) in [6, 6.07) is 0.262. The number of hydrogen-bond donors (Lipinski definition) is 2. The van der Waals surface area contributed by atoms with Crippen molar-refractivity contribution in [2.24, 2.45) is 5.92 Å². The molecule has 3 aliphatic rings. The van der Waals surface area contributed by atoms with E-state index in [1.54, 1.807) is 4.90 Å². The van der Waals surface area contributed by atoms with E-state index in [-0.39, 0.29) is 24.2 Å². The van der Waals surface area contributed by atoms with Crippen LogP contribution >= 0.6 is 0 Å². The predicted octanol–water partition coefficient (Wildman–Crippen LogP) is 0.891. The second kappa shape index (κ2) is 5.24. The van der Waals surface area contributed by atoms with E-state index in [0.29, 0.717) is 32.4 Å². The van der Waals surface area contributed by atoms with Gasteiger partial charge in [-0.3, -0.25) is 4.79 Å². The summed E-state index contributed by atoms with van der Waals surface area (Å²) >= 11 is 0. The first-order valence-corrected chi connectivity index (χ1v) is 7.54. The van der Waals surface area contributed by atoms with Gasteiger partial charge in [-0.25, -0.2) is 4.79 Å². The van der Waals surface area contributed by atoms with Gasteiger partial charge in [-0.1, -0.05) is 0 Å². The van der Waals surface area contributed by atoms with Crippen LogP contribution in [0.5, 0.6) is 0 Å². The fourth-order valence-corrected chi connectivity index (χ4v) is 3.98. The number of rotatable bonds is 1. The number of carboxylic acid groups (broad SMARTS) is 1. The number of carboxylic acids is 1. The summed E-state index contributed by atoms with van der Waals surface area (Å²) in [7, 11) is 0. The predicted molar refractivity (Wildman–Crippen MR) is 71.2 cm³/mol. The largest absolute Gasteiger partial charge is 0.481 e. The number of aliphatic hydroxyl groups excluding tert-OH is 1. The van der Waals surface area contributed by atoms with Crippen molar-refractivity contribution in [3.63, 3.8) is 0 Å². The van der Waals surface area contributed by atoms with Crippen LogP contribution in [0, 0.1) is 5.92 Å². The number of urea groups is 1. The lowest BCUT2D eigenvalue weighted by atomic mass is 9.97. The highest BCUT2D eigenvalue weighted by atomic mass is 16.4. The minimum absolute atomic E-state index is 0.0182. The van der Waals surface area contributed by atoms with Gasteiger partial charge in [0.2, 0.25) is 0 Å². The number of piperidine rings is 2. The number of hydrogen-bond acceptors (Lipinski definition) is 3. The molecule has 20 heavy (non-hydrogen) atoms. The molecule has 0 aromatic rings. The summed E-state index contributed by atoms with van der Waals surface area (Å²) in [5.41, 5.74) is 0. The average molecular weight is 282 g/mol. The van der Waals surface area contributed by atoms with Gasteiger partial charge in [0.1, 0.15) is 0 Å². The molecule has 3 unspecified atom stereocenters. The molecule has 0 spiro atoms. The molecule has 0 saturated carbocycles. The van der Waals surface area contributed by atoms with E-state index >= 15 is 0 Å². The van der Waals surface area contributed by atoms with E-state index in [4.69, 9.17) is 5.11 Å². The van der Waals surface area contributed by atoms with Gasteiger partial charge >= 0.3 is 12.0 Å². The summed E-state index contributed by atoms with van der Waals surface area (Å²) in [6.45, 7) is 0.980. The molecule has 3 aliphatic heterocycles. The zero-order chi connectivity index (χ0) is 14.3. The van der Waals surface area contributed by atoms with Crippen molar-refractivity contribution in [1.29, 1.82) is 0 Å². The Balaban J connectivity index is 1.68. The molecule has 3 fully saturated rings. The van der Waals surface area contributed by atoms with E-state index in [1.807, 2.05) is 4.90 Å². The van der Waals surface area contributed by atoms with Gasteiger partial charge in [-0.15, -0.1) is 0 Å². The van der Waals surface area contributed by atoms with Crippen molar-refractivity contribution < 1.29 is 19.8 Å². The van der Waals surface area contributed by atoms with Crippen molar-refractivity contribution in [2.75, 3.05) is 13.1 Å². The third-order valence-electron chi connectivity index (χ3n) is 4.97. The number of aliphatic carboxylic acids is 1. The van der Waals surface area contributed by atoms with Crippen molar-refractivity contribution in [3.8, 4) is 0 Å². The third kappa shape index (κ3) is 2.37. The monoisotopic (exact) mass is 282 g/mol. The van der Waals surface area contributed by atoms with Crippen LogP contribution in [0.15, 0.2) is 0 Å². The van der Waals surface area contributed by atoms with Gasteiger partial charge in [0, 0.05) is 25.2 Å². The van der Waals surface area contributed by atoms with Crippen molar-refractivity contribution >= 4 is 12.0 Å². The molecule has 0 aromatic heterocycles. The summed E-state index contributed by atoms with van der Waals surface area (Å²) in [5.74, 6) is -1.24. The second-order valence-corrected chi connectivity index (χ2v) is 6.32. The van der Waals surface area contributed by atoms with Crippen LogP contribution < -0.4 is 0 Å². The highest BCUT2D eigenvalue weighted by molar-refractivity contribution is 5.77. The van der Waals surface area contributed by atoms with Crippen LogP contribution in [-0.2, 0) is 4.79 Å². The molecule has 2 bridgehead atoms. The Morgan fingerprint density at radius 2 is 1.70 bits per heavy atom. The Bertz CT molecular complexity index is 400. The lowest BCUT2D eigenvalue weighted by molar-refractivity contribution is -0.143. The van der Waals surface area contributed by atoms with Gasteiger partial charge in [-0.2, -0.15) is 0 Å². The first kappa shape index (κ1) is 13.7. The summed E-state index contributed by atoms with van der Waals surface area (Å²) in [5, 5.41) is 18.9. The second-order valence-electron chi connectivity index (χ2n) is 6.32. The fourth-order valence-electron chi connectivity index (χ4n) is 3.98. The summed E-state index contributed by atoms with van der Waals surface area (Å²) in [6.07, 6.45) is 4.38. The zero-order valence-electron chi connectivity index (χ0n) is 11.6. The van der Waals surface area contributed by atoms with Crippen molar-refractivity contribution in [2.45, 2.75) is 56.7 Å². The van der Waals surface area contributed by atoms with Gasteiger partial charge in [-0.05, 0) is 38.5 Å². The van der Waals surface area contributed by atoms with Crippen LogP contribution in [0.1, 0.15) is 38.5 Å². The molecule has 0 aromatic carbocycles. The standard InChI is InChI=1S/C14H22N2O4/c17-12-6-10-3-4-11(7-12)16(10)14(20)15-5-1-2-9(8-15)13(18)19/h9-12,17H,1-8H2,(H,18,19). The SMILES string of the molecule is O=C(O)C1CCCN(C(=O)N2C3CCC2CC(O)C3)C1. The lowest BCUT2D eigenvalue weighted by Crippen LogP contribution is -2.55. The van der Waals surface area contributed by atoms with Gasteiger partial charge in [0.25, 0.3) is 0 Å². The Hall–Kier alpha value is -1.30. The van der Waals surface area contributed by atoms with Crippen LogP contribution in [0.25, 0.3) is 0 Å². The van der Waals surface area contributed by atoms with E-state index in [9.17, 15) is 14.7 Å². The molecule has 0 radical (unpaired) electrons. The Labute approximate surface area is 118 Å². The third-order valence-corrected chi connectivity index (χ3v) is 4.97. The fraction of sp³-hybridized carbons (Fsp3) is 0.857. The molecule has 3 saturated heterocycles. The summed E-state index contributed by atoms with van der Waals surface area (Å²) < 4.78 is 0. The lowest BCUT2D eigenvalue weighted by Gasteiger charge is -2.41. The Morgan fingerprint density at radius 3 is 2.30 bits per heavy atom. The maximum atomic E-state index is 12.7. The van der Waals surface area contributed by atoms with Gasteiger partial charge < -0.3 is 20.0 Å². The molecular weight excluding hydrogens is 260 g/mol. The van der Waals surface area contributed by atoms with Crippen molar-refractivity contribution in [3.05, 3.63) is 0 Å². The molecule has 6 heteroatoms. The molecule has 0 aliphatic carbocycles. The van der Waals surface area contributed by atoms with Crippen LogP contribution in [0.2, 0.25) is 0 Å². The zero-order valence-corrected chi connectivity index (χ0v) is 11.6. The van der Waals surface area contributed by atoms with E-state index in [1.165, 1.54) is 0 Å². The molecule has 6 nitrogen and oxygen atoms in total. The molecule has 3 heterocycles. The number of nitrogens with zero attached hydrogens (tertiary/aromatic N) is 2.